The third-order valence-electron chi connectivity index (χ3n) is 6.33. The lowest BCUT2D eigenvalue weighted by Crippen LogP contribution is -2.36. The van der Waals surface area contributed by atoms with Crippen molar-refractivity contribution in [2.75, 3.05) is 26.4 Å². The van der Waals surface area contributed by atoms with Crippen LogP contribution in [-0.4, -0.2) is 48.5 Å². The van der Waals surface area contributed by atoms with Crippen LogP contribution < -0.4 is 4.74 Å². The van der Waals surface area contributed by atoms with Gasteiger partial charge in [0.15, 0.2) is 17.2 Å². The number of hydrogen-bond donors (Lipinski definition) is 0. The molecule has 0 saturated carbocycles. The fourth-order valence-electron chi connectivity index (χ4n) is 4.26. The van der Waals surface area contributed by atoms with Crippen molar-refractivity contribution in [1.29, 1.82) is 0 Å². The van der Waals surface area contributed by atoms with E-state index in [2.05, 4.69) is 24.1 Å². The van der Waals surface area contributed by atoms with Crippen LogP contribution in [-0.2, 0) is 4.79 Å². The molecule has 0 unspecified atom stereocenters. The Kier molecular flexibility index (Phi) is 6.97. The highest BCUT2D eigenvalue weighted by Gasteiger charge is 2.38. The van der Waals surface area contributed by atoms with Gasteiger partial charge in [0.25, 0.3) is 0 Å². The summed E-state index contributed by atoms with van der Waals surface area (Å²) in [5.41, 5.74) is 3.06. The van der Waals surface area contributed by atoms with E-state index in [4.69, 9.17) is 4.74 Å². The van der Waals surface area contributed by atoms with Crippen molar-refractivity contribution < 1.29 is 14.3 Å². The minimum absolute atomic E-state index is 0.00838. The Morgan fingerprint density at radius 2 is 1.65 bits per heavy atom. The number of aryl methyl sites for hydroxylation is 2. The summed E-state index contributed by atoms with van der Waals surface area (Å²) >= 11 is 1.68. The van der Waals surface area contributed by atoms with Crippen molar-refractivity contribution in [2.24, 2.45) is 5.92 Å². The van der Waals surface area contributed by atoms with Gasteiger partial charge in [-0.1, -0.05) is 24.3 Å². The number of Topliss-reactive ketones (excluding diaryl/α,β-unsaturated/α-hetero) is 2. The molecule has 4 nitrogen and oxygen atoms in total. The van der Waals surface area contributed by atoms with Crippen molar-refractivity contribution in [3.63, 3.8) is 0 Å². The number of nitrogens with zero attached hydrogens (tertiary/aromatic N) is 1. The van der Waals surface area contributed by atoms with Crippen molar-refractivity contribution in [3.8, 4) is 5.75 Å². The number of ether oxygens (including phenoxy) is 1. The number of likely N-dealkylation sites (N-methyl/N-ethyl adjacent to an activating group) is 1. The number of likely N-dealkylation sites (tertiary alicyclic amines) is 1. The van der Waals surface area contributed by atoms with Gasteiger partial charge in [-0.3, -0.25) is 9.59 Å². The third kappa shape index (κ3) is 5.04. The Balaban J connectivity index is 1.91. The van der Waals surface area contributed by atoms with Gasteiger partial charge in [0, 0.05) is 35.4 Å². The molecule has 2 aromatic carbocycles. The Morgan fingerprint density at radius 3 is 2.16 bits per heavy atom. The number of benzene rings is 2. The fraction of sp³-hybridized carbons (Fsp3) is 0.462. The number of thioether (sulfide) groups is 1. The number of carbonyl (C=O) groups is 2. The molecule has 0 aromatic heterocycles. The molecule has 0 N–H and O–H groups in total. The van der Waals surface area contributed by atoms with E-state index >= 15 is 0 Å². The SMILES string of the molecule is CSc1ccc(C(=O)[C@H]2CN(C)C[C@@H]2c2cc(C)c(OC(C)(C)C(C)=O)c(C)c2)cc1. The minimum Gasteiger partial charge on any atom is -0.480 e. The topological polar surface area (TPSA) is 46.6 Å². The minimum atomic E-state index is -0.869. The van der Waals surface area contributed by atoms with Gasteiger partial charge in [-0.15, -0.1) is 11.8 Å². The maximum Gasteiger partial charge on any atom is 0.172 e. The van der Waals surface area contributed by atoms with Crippen LogP contribution in [0.4, 0.5) is 0 Å². The molecule has 1 heterocycles. The second kappa shape index (κ2) is 9.17. The van der Waals surface area contributed by atoms with Gasteiger partial charge in [0.05, 0.1) is 0 Å². The zero-order chi connectivity index (χ0) is 22.9. The Hall–Kier alpha value is -2.11. The van der Waals surface area contributed by atoms with E-state index in [0.717, 1.165) is 46.0 Å². The number of ketones is 2. The highest BCUT2D eigenvalue weighted by molar-refractivity contribution is 7.98. The molecule has 3 rings (SSSR count). The molecule has 31 heavy (non-hydrogen) atoms. The second-order valence-corrected chi connectivity index (χ2v) is 10.1. The Labute approximate surface area is 190 Å². The molecule has 1 saturated heterocycles. The van der Waals surface area contributed by atoms with Crippen molar-refractivity contribution in [2.45, 2.75) is 51.0 Å². The summed E-state index contributed by atoms with van der Waals surface area (Å²) in [6.45, 7) is 10.8. The van der Waals surface area contributed by atoms with Gasteiger partial charge in [-0.25, -0.2) is 0 Å². The van der Waals surface area contributed by atoms with Gasteiger partial charge in [0.1, 0.15) is 5.75 Å². The zero-order valence-corrected chi connectivity index (χ0v) is 20.4. The smallest absolute Gasteiger partial charge is 0.172 e. The molecule has 2 atom stereocenters. The molecular formula is C26H33NO3S. The molecule has 166 valence electrons. The van der Waals surface area contributed by atoms with E-state index in [1.54, 1.807) is 32.5 Å². The molecular weight excluding hydrogens is 406 g/mol. The number of carbonyl (C=O) groups excluding carboxylic acids is 2. The first-order valence-corrected chi connectivity index (χ1v) is 11.9. The normalized spacial score (nSPS) is 19.5. The highest BCUT2D eigenvalue weighted by atomic mass is 32.2. The zero-order valence-electron chi connectivity index (χ0n) is 19.6. The van der Waals surface area contributed by atoms with Crippen molar-refractivity contribution >= 4 is 23.3 Å². The van der Waals surface area contributed by atoms with E-state index in [1.807, 2.05) is 44.4 Å². The van der Waals surface area contributed by atoms with Crippen molar-refractivity contribution in [1.82, 2.24) is 4.90 Å². The molecule has 1 fully saturated rings. The molecule has 1 aliphatic rings. The lowest BCUT2D eigenvalue weighted by atomic mass is 9.82. The molecule has 1 aliphatic heterocycles. The maximum atomic E-state index is 13.4. The first-order chi connectivity index (χ1) is 14.5. The van der Waals surface area contributed by atoms with Crippen LogP contribution in [0.25, 0.3) is 0 Å². The Bertz CT molecular complexity index is 958. The van der Waals surface area contributed by atoms with E-state index < -0.39 is 5.60 Å². The molecule has 5 heteroatoms. The number of rotatable bonds is 7. The molecule has 0 aliphatic carbocycles. The summed E-state index contributed by atoms with van der Waals surface area (Å²) in [5, 5.41) is 0. The summed E-state index contributed by atoms with van der Waals surface area (Å²) in [6.07, 6.45) is 2.04. The van der Waals surface area contributed by atoms with E-state index in [9.17, 15) is 9.59 Å². The van der Waals surface area contributed by atoms with Crippen LogP contribution in [0.5, 0.6) is 5.75 Å². The quantitative estimate of drug-likeness (QED) is 0.433. The molecule has 2 aromatic rings. The van der Waals surface area contributed by atoms with Gasteiger partial charge in [-0.2, -0.15) is 0 Å². The van der Waals surface area contributed by atoms with Gasteiger partial charge in [-0.05, 0) is 76.7 Å². The van der Waals surface area contributed by atoms with Crippen LogP contribution in [0.15, 0.2) is 41.3 Å². The summed E-state index contributed by atoms with van der Waals surface area (Å²) in [6, 6.07) is 12.2. The van der Waals surface area contributed by atoms with Gasteiger partial charge in [0.2, 0.25) is 0 Å². The summed E-state index contributed by atoms with van der Waals surface area (Å²) in [4.78, 5) is 28.7. The monoisotopic (exact) mass is 439 g/mol. The van der Waals surface area contributed by atoms with Crippen LogP contribution in [0, 0.1) is 19.8 Å². The lowest BCUT2D eigenvalue weighted by Gasteiger charge is -2.27. The van der Waals surface area contributed by atoms with Crippen molar-refractivity contribution in [3.05, 3.63) is 58.7 Å². The maximum absolute atomic E-state index is 13.4. The van der Waals surface area contributed by atoms with Crippen LogP contribution in [0.2, 0.25) is 0 Å². The third-order valence-corrected chi connectivity index (χ3v) is 7.07. The van der Waals surface area contributed by atoms with Crippen LogP contribution in [0.1, 0.15) is 53.7 Å². The second-order valence-electron chi connectivity index (χ2n) is 9.18. The lowest BCUT2D eigenvalue weighted by molar-refractivity contribution is -0.129. The fourth-order valence-corrected chi connectivity index (χ4v) is 4.67. The van der Waals surface area contributed by atoms with E-state index in [1.165, 1.54) is 0 Å². The molecule has 0 spiro atoms. The largest absolute Gasteiger partial charge is 0.480 e. The first-order valence-electron chi connectivity index (χ1n) is 10.7. The average molecular weight is 440 g/mol. The van der Waals surface area contributed by atoms with E-state index in [0.29, 0.717) is 0 Å². The predicted octanol–water partition coefficient (Wildman–Crippen LogP) is 5.30. The first kappa shape index (κ1) is 23.6. The summed E-state index contributed by atoms with van der Waals surface area (Å²) < 4.78 is 6.10. The Morgan fingerprint density at radius 1 is 1.06 bits per heavy atom. The average Bonchev–Trinajstić information content (AvgIpc) is 3.11. The van der Waals surface area contributed by atoms with Gasteiger partial charge < -0.3 is 9.64 Å². The summed E-state index contributed by atoms with van der Waals surface area (Å²) in [7, 11) is 2.07. The number of hydrogen-bond acceptors (Lipinski definition) is 5. The van der Waals surface area contributed by atoms with Crippen LogP contribution in [0.3, 0.4) is 0 Å². The summed E-state index contributed by atoms with van der Waals surface area (Å²) in [5.74, 6) is 1.00. The molecule has 0 bridgehead atoms. The molecule has 0 amide bonds. The van der Waals surface area contributed by atoms with E-state index in [-0.39, 0.29) is 23.4 Å². The predicted molar refractivity (Wildman–Crippen MR) is 128 cm³/mol. The van der Waals surface area contributed by atoms with Gasteiger partial charge >= 0.3 is 0 Å². The molecule has 0 radical (unpaired) electrons. The standard InChI is InChI=1S/C26H33NO3S/c1-16-12-20(13-17(2)25(16)30-26(4,5)18(3)28)22-14-27(6)15-23(22)24(29)19-8-10-21(31-7)11-9-19/h8-13,22-23H,14-15H2,1-7H3/t22-,23+/m1/s1. The van der Waals surface area contributed by atoms with Crippen LogP contribution >= 0.6 is 11.8 Å². The highest BCUT2D eigenvalue weighted by Crippen LogP contribution is 2.38.